The molecule has 8 heteroatoms. The zero-order valence-electron chi connectivity index (χ0n) is 13.5. The minimum Gasteiger partial charge on any atom is -0.467 e. The van der Waals surface area contributed by atoms with Crippen LogP contribution in [0.3, 0.4) is 0 Å². The van der Waals surface area contributed by atoms with Crippen LogP contribution in [-0.2, 0) is 14.3 Å². The molecule has 1 N–H and O–H groups in total. The molecule has 0 aromatic heterocycles. The zero-order valence-corrected chi connectivity index (χ0v) is 13.5. The van der Waals surface area contributed by atoms with Gasteiger partial charge in [0, 0.05) is 6.07 Å². The Kier molecular flexibility index (Phi) is 6.49. The second kappa shape index (κ2) is 8.11. The first-order valence-corrected chi connectivity index (χ1v) is 7.06. The predicted molar refractivity (Wildman–Crippen MR) is 83.3 cm³/mol. The maximum Gasteiger partial charge on any atom is 0.338 e. The van der Waals surface area contributed by atoms with Gasteiger partial charge in [-0.25, -0.2) is 9.59 Å². The topological polar surface area (TPSA) is 108 Å². The van der Waals surface area contributed by atoms with Crippen LogP contribution in [0, 0.1) is 16.0 Å². The Labute approximate surface area is 133 Å². The van der Waals surface area contributed by atoms with E-state index < -0.39 is 22.9 Å². The molecule has 0 saturated heterocycles. The molecule has 126 valence electrons. The lowest BCUT2D eigenvalue weighted by Gasteiger charge is -2.22. The number of nitro benzene ring substituents is 1. The molecule has 8 nitrogen and oxygen atoms in total. The highest BCUT2D eigenvalue weighted by molar-refractivity contribution is 5.91. The lowest BCUT2D eigenvalue weighted by Crippen LogP contribution is -2.36. The number of hydrogen-bond acceptors (Lipinski definition) is 7. The highest BCUT2D eigenvalue weighted by atomic mass is 16.6. The molecule has 0 saturated carbocycles. The number of rotatable bonds is 7. The van der Waals surface area contributed by atoms with Crippen molar-refractivity contribution in [2.75, 3.05) is 19.5 Å². The largest absolute Gasteiger partial charge is 0.467 e. The summed E-state index contributed by atoms with van der Waals surface area (Å²) in [6.45, 7) is 3.74. The minimum absolute atomic E-state index is 0.0582. The standard InChI is InChI=1S/C15H20N2O6/c1-5-9(2)13(15(19)23-4)16-11-7-6-10(14(18)22-3)8-12(11)17(20)21/h6-9,13,16H,5H2,1-4H3/t9-,13-/m0/s1. The van der Waals surface area contributed by atoms with Gasteiger partial charge in [-0.15, -0.1) is 0 Å². The van der Waals surface area contributed by atoms with E-state index in [1.165, 1.54) is 26.4 Å². The Balaban J connectivity index is 3.22. The van der Waals surface area contributed by atoms with Gasteiger partial charge >= 0.3 is 11.9 Å². The summed E-state index contributed by atoms with van der Waals surface area (Å²) < 4.78 is 9.29. The number of methoxy groups -OCH3 is 2. The molecule has 2 atom stereocenters. The van der Waals surface area contributed by atoms with Crippen molar-refractivity contribution in [1.82, 2.24) is 0 Å². The number of nitro groups is 1. The van der Waals surface area contributed by atoms with Gasteiger partial charge in [0.05, 0.1) is 24.7 Å². The van der Waals surface area contributed by atoms with Gasteiger partial charge in [0.1, 0.15) is 11.7 Å². The van der Waals surface area contributed by atoms with E-state index in [2.05, 4.69) is 10.1 Å². The summed E-state index contributed by atoms with van der Waals surface area (Å²) in [6.07, 6.45) is 0.681. The summed E-state index contributed by atoms with van der Waals surface area (Å²) in [4.78, 5) is 34.0. The molecular weight excluding hydrogens is 304 g/mol. The Bertz CT molecular complexity index is 602. The van der Waals surface area contributed by atoms with E-state index in [1.807, 2.05) is 13.8 Å². The monoisotopic (exact) mass is 324 g/mol. The number of nitrogens with zero attached hydrogens (tertiary/aromatic N) is 1. The summed E-state index contributed by atoms with van der Waals surface area (Å²) in [7, 11) is 2.45. The van der Waals surface area contributed by atoms with Gasteiger partial charge in [0.25, 0.3) is 5.69 Å². The summed E-state index contributed by atoms with van der Waals surface area (Å²) in [6, 6.07) is 3.15. The number of esters is 2. The Morgan fingerprint density at radius 3 is 2.43 bits per heavy atom. The van der Waals surface area contributed by atoms with E-state index in [0.29, 0.717) is 6.42 Å². The first kappa shape index (κ1) is 18.4. The van der Waals surface area contributed by atoms with Crippen molar-refractivity contribution in [3.05, 3.63) is 33.9 Å². The molecule has 1 rings (SSSR count). The SMILES string of the molecule is CC[C@H](C)[C@H](Nc1ccc(C(=O)OC)cc1[N+](=O)[O-])C(=O)OC. The summed E-state index contributed by atoms with van der Waals surface area (Å²) >= 11 is 0. The first-order chi connectivity index (χ1) is 10.8. The first-order valence-electron chi connectivity index (χ1n) is 7.06. The number of nitrogens with one attached hydrogen (secondary N) is 1. The van der Waals surface area contributed by atoms with Crippen molar-refractivity contribution in [2.24, 2.45) is 5.92 Å². The smallest absolute Gasteiger partial charge is 0.338 e. The number of benzene rings is 1. The molecule has 0 unspecified atom stereocenters. The fourth-order valence-corrected chi connectivity index (χ4v) is 2.01. The molecule has 23 heavy (non-hydrogen) atoms. The molecule has 1 aromatic rings. The molecule has 0 radical (unpaired) electrons. The fraction of sp³-hybridized carbons (Fsp3) is 0.467. The van der Waals surface area contributed by atoms with Gasteiger partial charge in [-0.05, 0) is 18.1 Å². The Morgan fingerprint density at radius 1 is 1.30 bits per heavy atom. The average Bonchev–Trinajstić information content (AvgIpc) is 2.57. The van der Waals surface area contributed by atoms with Crippen molar-refractivity contribution in [3.63, 3.8) is 0 Å². The van der Waals surface area contributed by atoms with Crippen LogP contribution in [0.1, 0.15) is 30.6 Å². The third kappa shape index (κ3) is 4.41. The second-order valence-electron chi connectivity index (χ2n) is 5.01. The van der Waals surface area contributed by atoms with Gasteiger partial charge in [0.15, 0.2) is 0 Å². The van der Waals surface area contributed by atoms with Crippen LogP contribution >= 0.6 is 0 Å². The summed E-state index contributed by atoms with van der Waals surface area (Å²) in [5, 5.41) is 14.1. The van der Waals surface area contributed by atoms with E-state index in [1.54, 1.807) is 0 Å². The fourth-order valence-electron chi connectivity index (χ4n) is 2.01. The minimum atomic E-state index is -0.729. The van der Waals surface area contributed by atoms with Gasteiger partial charge in [0.2, 0.25) is 0 Å². The van der Waals surface area contributed by atoms with Crippen LogP contribution in [0.25, 0.3) is 0 Å². The van der Waals surface area contributed by atoms with Gasteiger partial charge in [-0.1, -0.05) is 20.3 Å². The van der Waals surface area contributed by atoms with Gasteiger partial charge in [-0.3, -0.25) is 10.1 Å². The maximum absolute atomic E-state index is 11.9. The lowest BCUT2D eigenvalue weighted by atomic mass is 9.98. The van der Waals surface area contributed by atoms with Crippen LogP contribution in [0.15, 0.2) is 18.2 Å². The van der Waals surface area contributed by atoms with Crippen LogP contribution in [0.5, 0.6) is 0 Å². The van der Waals surface area contributed by atoms with Crippen LogP contribution in [0.2, 0.25) is 0 Å². The molecule has 0 heterocycles. The molecule has 1 aromatic carbocycles. The van der Waals surface area contributed by atoms with Crippen LogP contribution in [-0.4, -0.2) is 37.1 Å². The second-order valence-corrected chi connectivity index (χ2v) is 5.01. The molecule has 0 aliphatic carbocycles. The van der Waals surface area contributed by atoms with Crippen molar-refractivity contribution >= 4 is 23.3 Å². The summed E-state index contributed by atoms with van der Waals surface area (Å²) in [5.74, 6) is -1.28. The molecule has 0 amide bonds. The number of carbonyl (C=O) groups is 2. The maximum atomic E-state index is 11.9. The highest BCUT2D eigenvalue weighted by Crippen LogP contribution is 2.28. The van der Waals surface area contributed by atoms with E-state index >= 15 is 0 Å². The van der Waals surface area contributed by atoms with Crippen LogP contribution in [0.4, 0.5) is 11.4 Å². The number of hydrogen-bond donors (Lipinski definition) is 1. The Morgan fingerprint density at radius 2 is 1.96 bits per heavy atom. The normalized spacial score (nSPS) is 12.9. The van der Waals surface area contributed by atoms with Crippen molar-refractivity contribution in [2.45, 2.75) is 26.3 Å². The van der Waals surface area contributed by atoms with E-state index in [9.17, 15) is 19.7 Å². The third-order valence-corrected chi connectivity index (χ3v) is 3.59. The Hall–Kier alpha value is -2.64. The molecule has 0 aliphatic heterocycles. The summed E-state index contributed by atoms with van der Waals surface area (Å²) in [5.41, 5.74) is -0.119. The number of ether oxygens (including phenoxy) is 2. The quantitative estimate of drug-likeness (QED) is 0.466. The molecule has 0 fully saturated rings. The van der Waals surface area contributed by atoms with Gasteiger partial charge < -0.3 is 14.8 Å². The lowest BCUT2D eigenvalue weighted by molar-refractivity contribution is -0.384. The van der Waals surface area contributed by atoms with E-state index in [4.69, 9.17) is 4.74 Å². The average molecular weight is 324 g/mol. The van der Waals surface area contributed by atoms with E-state index in [0.717, 1.165) is 6.07 Å². The van der Waals surface area contributed by atoms with Crippen molar-refractivity contribution in [3.8, 4) is 0 Å². The zero-order chi connectivity index (χ0) is 17.6. The van der Waals surface area contributed by atoms with Crippen molar-refractivity contribution in [1.29, 1.82) is 0 Å². The number of carbonyl (C=O) groups excluding carboxylic acids is 2. The molecular formula is C15H20N2O6. The van der Waals surface area contributed by atoms with Crippen molar-refractivity contribution < 1.29 is 24.0 Å². The predicted octanol–water partition coefficient (Wildman–Crippen LogP) is 2.38. The van der Waals surface area contributed by atoms with Gasteiger partial charge in [-0.2, -0.15) is 0 Å². The molecule has 0 spiro atoms. The van der Waals surface area contributed by atoms with Crippen LogP contribution < -0.4 is 5.32 Å². The third-order valence-electron chi connectivity index (χ3n) is 3.59. The highest BCUT2D eigenvalue weighted by Gasteiger charge is 2.28. The van der Waals surface area contributed by atoms with E-state index in [-0.39, 0.29) is 22.9 Å². The molecule has 0 bridgehead atoms. The molecule has 0 aliphatic rings. The number of anilines is 1.